The third-order valence-electron chi connectivity index (χ3n) is 3.20. The highest BCUT2D eigenvalue weighted by Crippen LogP contribution is 2.40. The van der Waals surface area contributed by atoms with Crippen LogP contribution in [0, 0.1) is 19.8 Å². The van der Waals surface area contributed by atoms with Crippen molar-refractivity contribution in [3.8, 4) is 5.75 Å². The molecule has 0 aromatic heterocycles. The molecule has 15 heavy (non-hydrogen) atoms. The lowest BCUT2D eigenvalue weighted by atomic mass is 9.98. The molecule has 1 aromatic rings. The Morgan fingerprint density at radius 2 is 1.80 bits per heavy atom. The zero-order chi connectivity index (χ0) is 11.0. The Labute approximate surface area is 91.4 Å². The number of hydrogen-bond acceptors (Lipinski definition) is 2. The van der Waals surface area contributed by atoms with Crippen LogP contribution in [0.1, 0.15) is 35.6 Å². The van der Waals surface area contributed by atoms with Crippen LogP contribution in [0.5, 0.6) is 5.75 Å². The number of aryl methyl sites for hydroxylation is 2. The van der Waals surface area contributed by atoms with Gasteiger partial charge in [-0.25, -0.2) is 0 Å². The fraction of sp³-hybridized carbons (Fsp3) is 0.538. The summed E-state index contributed by atoms with van der Waals surface area (Å²) in [5.41, 5.74) is 9.81. The van der Waals surface area contributed by atoms with Crippen molar-refractivity contribution in [2.24, 2.45) is 11.7 Å². The van der Waals surface area contributed by atoms with Crippen LogP contribution in [0.25, 0.3) is 0 Å². The summed E-state index contributed by atoms with van der Waals surface area (Å²) in [6, 6.07) is 4.54. The fourth-order valence-electron chi connectivity index (χ4n) is 2.23. The normalized spacial score (nSPS) is 17.6. The van der Waals surface area contributed by atoms with Crippen LogP contribution in [0.15, 0.2) is 12.1 Å². The third kappa shape index (κ3) is 2.00. The van der Waals surface area contributed by atoms with Gasteiger partial charge >= 0.3 is 0 Å². The second kappa shape index (κ2) is 3.86. The molecule has 2 nitrogen and oxygen atoms in total. The van der Waals surface area contributed by atoms with E-state index in [0.717, 1.165) is 5.75 Å². The maximum atomic E-state index is 6.19. The molecule has 0 amide bonds. The van der Waals surface area contributed by atoms with Gasteiger partial charge in [-0.2, -0.15) is 0 Å². The molecule has 0 saturated heterocycles. The van der Waals surface area contributed by atoms with Gasteiger partial charge < -0.3 is 10.5 Å². The number of hydrogen-bond donors (Lipinski definition) is 1. The average Bonchev–Trinajstić information content (AvgIpc) is 2.99. The Morgan fingerprint density at radius 3 is 2.20 bits per heavy atom. The average molecular weight is 205 g/mol. The van der Waals surface area contributed by atoms with Crippen molar-refractivity contribution < 1.29 is 4.74 Å². The van der Waals surface area contributed by atoms with Crippen LogP contribution in [0.2, 0.25) is 0 Å². The number of methoxy groups -OCH3 is 1. The molecule has 0 heterocycles. The highest BCUT2D eigenvalue weighted by molar-refractivity contribution is 5.44. The van der Waals surface area contributed by atoms with Crippen molar-refractivity contribution in [1.29, 1.82) is 0 Å². The van der Waals surface area contributed by atoms with Gasteiger partial charge in [0.25, 0.3) is 0 Å². The molecule has 1 atom stereocenters. The molecule has 2 heteroatoms. The van der Waals surface area contributed by atoms with Gasteiger partial charge in [-0.15, -0.1) is 0 Å². The molecule has 2 rings (SSSR count). The van der Waals surface area contributed by atoms with Crippen LogP contribution in [-0.2, 0) is 0 Å². The van der Waals surface area contributed by atoms with E-state index in [1.54, 1.807) is 7.11 Å². The SMILES string of the molecule is COc1c(C)cc(C(N)C2CC2)cc1C. The van der Waals surface area contributed by atoms with E-state index in [1.165, 1.54) is 29.5 Å². The standard InChI is InChI=1S/C13H19NO/c1-8-6-11(12(14)10-4-5-10)7-9(2)13(8)15-3/h6-7,10,12H,4-5,14H2,1-3H3. The van der Waals surface area contributed by atoms with E-state index in [0.29, 0.717) is 5.92 Å². The Bertz CT molecular complexity index is 346. The Balaban J connectivity index is 2.33. The summed E-state index contributed by atoms with van der Waals surface area (Å²) in [5, 5.41) is 0. The second-order valence-corrected chi connectivity index (χ2v) is 4.55. The summed E-state index contributed by atoms with van der Waals surface area (Å²) >= 11 is 0. The molecule has 82 valence electrons. The van der Waals surface area contributed by atoms with E-state index in [2.05, 4.69) is 26.0 Å². The first-order valence-corrected chi connectivity index (χ1v) is 5.54. The van der Waals surface area contributed by atoms with Gasteiger partial charge in [-0.3, -0.25) is 0 Å². The zero-order valence-corrected chi connectivity index (χ0v) is 9.71. The van der Waals surface area contributed by atoms with E-state index in [1.807, 2.05) is 0 Å². The molecular weight excluding hydrogens is 186 g/mol. The minimum atomic E-state index is 0.216. The predicted molar refractivity (Wildman–Crippen MR) is 62.1 cm³/mol. The van der Waals surface area contributed by atoms with Crippen LogP contribution >= 0.6 is 0 Å². The number of benzene rings is 1. The molecule has 0 aliphatic heterocycles. The third-order valence-corrected chi connectivity index (χ3v) is 3.20. The van der Waals surface area contributed by atoms with Gasteiger partial charge in [-0.05, 0) is 49.3 Å². The van der Waals surface area contributed by atoms with Crippen LogP contribution in [-0.4, -0.2) is 7.11 Å². The molecule has 1 aliphatic carbocycles. The lowest BCUT2D eigenvalue weighted by Crippen LogP contribution is -2.13. The van der Waals surface area contributed by atoms with Crippen molar-refractivity contribution in [2.45, 2.75) is 32.7 Å². The molecule has 0 radical (unpaired) electrons. The van der Waals surface area contributed by atoms with Crippen LogP contribution < -0.4 is 10.5 Å². The maximum absolute atomic E-state index is 6.19. The van der Waals surface area contributed by atoms with Gasteiger partial charge in [0.2, 0.25) is 0 Å². The molecule has 1 fully saturated rings. The number of rotatable bonds is 3. The van der Waals surface area contributed by atoms with Crippen LogP contribution in [0.3, 0.4) is 0 Å². The van der Waals surface area contributed by atoms with E-state index >= 15 is 0 Å². The lowest BCUT2D eigenvalue weighted by Gasteiger charge is -2.15. The highest BCUT2D eigenvalue weighted by Gasteiger charge is 2.29. The van der Waals surface area contributed by atoms with Crippen molar-refractivity contribution in [3.05, 3.63) is 28.8 Å². The molecule has 1 aromatic carbocycles. The molecule has 1 aliphatic rings. The van der Waals surface area contributed by atoms with Gasteiger partial charge in [-0.1, -0.05) is 12.1 Å². The first-order valence-electron chi connectivity index (χ1n) is 5.54. The summed E-state index contributed by atoms with van der Waals surface area (Å²) in [6.07, 6.45) is 2.57. The van der Waals surface area contributed by atoms with Gasteiger partial charge in [0, 0.05) is 6.04 Å². The van der Waals surface area contributed by atoms with E-state index < -0.39 is 0 Å². The first kappa shape index (κ1) is 10.5. The van der Waals surface area contributed by atoms with Gasteiger partial charge in [0.15, 0.2) is 0 Å². The second-order valence-electron chi connectivity index (χ2n) is 4.55. The van der Waals surface area contributed by atoms with Crippen LogP contribution in [0.4, 0.5) is 0 Å². The molecule has 1 saturated carbocycles. The Kier molecular flexibility index (Phi) is 2.70. The minimum Gasteiger partial charge on any atom is -0.496 e. The summed E-state index contributed by atoms with van der Waals surface area (Å²) < 4.78 is 5.35. The molecular formula is C13H19NO. The lowest BCUT2D eigenvalue weighted by molar-refractivity contribution is 0.408. The highest BCUT2D eigenvalue weighted by atomic mass is 16.5. The summed E-state index contributed by atoms with van der Waals surface area (Å²) in [6.45, 7) is 4.16. The Morgan fingerprint density at radius 1 is 1.27 bits per heavy atom. The molecule has 2 N–H and O–H groups in total. The summed E-state index contributed by atoms with van der Waals surface area (Å²) in [7, 11) is 1.72. The van der Waals surface area contributed by atoms with Gasteiger partial charge in [0.05, 0.1) is 7.11 Å². The minimum absolute atomic E-state index is 0.216. The van der Waals surface area contributed by atoms with Crippen molar-refractivity contribution >= 4 is 0 Å². The smallest absolute Gasteiger partial charge is 0.124 e. The number of nitrogens with two attached hydrogens (primary N) is 1. The first-order chi connectivity index (χ1) is 7.13. The molecule has 0 bridgehead atoms. The van der Waals surface area contributed by atoms with E-state index in [-0.39, 0.29) is 6.04 Å². The molecule has 1 unspecified atom stereocenters. The largest absolute Gasteiger partial charge is 0.496 e. The number of ether oxygens (including phenoxy) is 1. The van der Waals surface area contributed by atoms with Crippen molar-refractivity contribution in [3.63, 3.8) is 0 Å². The van der Waals surface area contributed by atoms with E-state index in [4.69, 9.17) is 10.5 Å². The zero-order valence-electron chi connectivity index (χ0n) is 9.71. The Hall–Kier alpha value is -1.02. The topological polar surface area (TPSA) is 35.2 Å². The van der Waals surface area contributed by atoms with E-state index in [9.17, 15) is 0 Å². The summed E-state index contributed by atoms with van der Waals surface area (Å²) in [4.78, 5) is 0. The quantitative estimate of drug-likeness (QED) is 0.823. The van der Waals surface area contributed by atoms with Crippen molar-refractivity contribution in [1.82, 2.24) is 0 Å². The van der Waals surface area contributed by atoms with Crippen molar-refractivity contribution in [2.75, 3.05) is 7.11 Å². The molecule has 0 spiro atoms. The van der Waals surface area contributed by atoms with Gasteiger partial charge in [0.1, 0.15) is 5.75 Å². The summed E-state index contributed by atoms with van der Waals surface area (Å²) in [5.74, 6) is 1.69. The predicted octanol–water partition coefficient (Wildman–Crippen LogP) is 2.72. The fourth-order valence-corrected chi connectivity index (χ4v) is 2.23. The maximum Gasteiger partial charge on any atom is 0.124 e. The monoisotopic (exact) mass is 205 g/mol.